The van der Waals surface area contributed by atoms with Crippen LogP contribution in [0.25, 0.3) is 11.6 Å². The third-order valence-electron chi connectivity index (χ3n) is 7.60. The Bertz CT molecular complexity index is 1530. The van der Waals surface area contributed by atoms with E-state index in [4.69, 9.17) is 18.6 Å². The van der Waals surface area contributed by atoms with Gasteiger partial charge in [-0.1, -0.05) is 74.5 Å². The number of nitrogens with zero attached hydrogens (tertiary/aromatic N) is 1. The summed E-state index contributed by atoms with van der Waals surface area (Å²) in [4.78, 5) is 27.5. The molecule has 236 valence electrons. The fourth-order valence-electron chi connectivity index (χ4n) is 5.65. The van der Waals surface area contributed by atoms with E-state index in [-0.39, 0.29) is 36.5 Å². The van der Waals surface area contributed by atoms with Crippen molar-refractivity contribution in [1.29, 1.82) is 0 Å². The second-order valence-corrected chi connectivity index (χ2v) is 11.8. The second kappa shape index (κ2) is 15.3. The van der Waals surface area contributed by atoms with Crippen LogP contribution in [0.2, 0.25) is 0 Å². The highest BCUT2D eigenvalue weighted by molar-refractivity contribution is 5.74. The van der Waals surface area contributed by atoms with Gasteiger partial charge in [0.2, 0.25) is 5.43 Å². The van der Waals surface area contributed by atoms with Crippen LogP contribution in [0, 0.1) is 5.92 Å². The first-order valence-electron chi connectivity index (χ1n) is 15.0. The molecule has 0 spiro atoms. The van der Waals surface area contributed by atoms with Crippen LogP contribution in [-0.4, -0.2) is 65.0 Å². The number of carbonyl (C=O) groups is 1. The normalized spacial score (nSPS) is 18.8. The largest absolute Gasteiger partial charge is 0.453 e. The summed E-state index contributed by atoms with van der Waals surface area (Å²) in [5.41, 5.74) is 1.29. The van der Waals surface area contributed by atoms with Gasteiger partial charge < -0.3 is 28.8 Å². The van der Waals surface area contributed by atoms with Crippen molar-refractivity contribution in [2.75, 3.05) is 19.8 Å². The SMILES string of the molecule is CC(C)[C@@H]1N(C(O)C(Cc2ccccc2)=c2oc(=CCCOC[C@@H](CO)OCc3ccccc3)ccc2=O)C(=O)OC1(C)C. The number of ether oxygens (including phenoxy) is 3. The molecule has 1 amide bonds. The fraction of sp³-hybridized carbons (Fsp3) is 0.429. The van der Waals surface area contributed by atoms with Crippen LogP contribution in [0.4, 0.5) is 4.79 Å². The Hall–Kier alpha value is -3.76. The van der Waals surface area contributed by atoms with Gasteiger partial charge in [0.05, 0.1) is 32.5 Å². The average molecular weight is 606 g/mol. The minimum atomic E-state index is -1.45. The van der Waals surface area contributed by atoms with Crippen molar-refractivity contribution in [3.8, 4) is 0 Å². The van der Waals surface area contributed by atoms with E-state index in [1.807, 2.05) is 88.4 Å². The summed E-state index contributed by atoms with van der Waals surface area (Å²) < 4.78 is 23.2. The lowest BCUT2D eigenvalue weighted by Gasteiger charge is -2.35. The highest BCUT2D eigenvalue weighted by Crippen LogP contribution is 2.36. The molecule has 1 aliphatic heterocycles. The zero-order chi connectivity index (χ0) is 31.7. The first-order chi connectivity index (χ1) is 21.1. The topological polar surface area (TPSA) is 119 Å². The van der Waals surface area contributed by atoms with Crippen LogP contribution in [0.1, 0.15) is 45.2 Å². The predicted molar refractivity (Wildman–Crippen MR) is 167 cm³/mol. The van der Waals surface area contributed by atoms with Crippen LogP contribution >= 0.6 is 0 Å². The number of aliphatic hydroxyl groups excluding tert-OH is 2. The van der Waals surface area contributed by atoms with Gasteiger partial charge in [0, 0.05) is 12.0 Å². The molecule has 9 nitrogen and oxygen atoms in total. The van der Waals surface area contributed by atoms with Gasteiger partial charge in [-0.15, -0.1) is 0 Å². The molecule has 3 aromatic rings. The number of aliphatic hydroxyl groups is 2. The molecule has 1 aromatic heterocycles. The molecule has 0 radical (unpaired) electrons. The molecule has 2 heterocycles. The Morgan fingerprint density at radius 3 is 2.30 bits per heavy atom. The molecule has 4 rings (SSSR count). The molecular weight excluding hydrogens is 562 g/mol. The number of amides is 1. The zero-order valence-electron chi connectivity index (χ0n) is 25.8. The maximum absolute atomic E-state index is 13.2. The van der Waals surface area contributed by atoms with Gasteiger partial charge in [0.1, 0.15) is 17.1 Å². The van der Waals surface area contributed by atoms with Gasteiger partial charge in [-0.3, -0.25) is 9.69 Å². The van der Waals surface area contributed by atoms with Crippen LogP contribution in [0.3, 0.4) is 0 Å². The van der Waals surface area contributed by atoms with E-state index in [1.54, 1.807) is 12.1 Å². The minimum absolute atomic E-state index is 0.0225. The Labute approximate surface area is 258 Å². The van der Waals surface area contributed by atoms with Gasteiger partial charge in [-0.2, -0.15) is 0 Å². The molecule has 3 atom stereocenters. The number of hydrogen-bond donors (Lipinski definition) is 2. The quantitative estimate of drug-likeness (QED) is 0.269. The second-order valence-electron chi connectivity index (χ2n) is 11.8. The molecular formula is C35H43NO8. The maximum Gasteiger partial charge on any atom is 0.413 e. The monoisotopic (exact) mass is 605 g/mol. The van der Waals surface area contributed by atoms with Crippen molar-refractivity contribution < 1.29 is 33.6 Å². The Morgan fingerprint density at radius 2 is 1.66 bits per heavy atom. The first-order valence-corrected chi connectivity index (χ1v) is 15.0. The van der Waals surface area contributed by atoms with E-state index in [1.165, 1.54) is 11.0 Å². The minimum Gasteiger partial charge on any atom is -0.453 e. The molecule has 2 N–H and O–H groups in total. The summed E-state index contributed by atoms with van der Waals surface area (Å²) in [6, 6.07) is 21.6. The molecule has 1 saturated heterocycles. The van der Waals surface area contributed by atoms with E-state index in [2.05, 4.69) is 0 Å². The van der Waals surface area contributed by atoms with Crippen molar-refractivity contribution in [3.63, 3.8) is 0 Å². The number of hydrogen-bond acceptors (Lipinski definition) is 8. The van der Waals surface area contributed by atoms with Crippen LogP contribution in [-0.2, 0) is 27.2 Å². The van der Waals surface area contributed by atoms with Crippen molar-refractivity contribution in [1.82, 2.24) is 4.90 Å². The van der Waals surface area contributed by atoms with Gasteiger partial charge >= 0.3 is 6.09 Å². The summed E-state index contributed by atoms with van der Waals surface area (Å²) in [7, 11) is 0. The number of cyclic esters (lactones) is 1. The first kappa shape index (κ1) is 33.1. The predicted octanol–water partition coefficient (Wildman–Crippen LogP) is 3.37. The molecule has 0 bridgehead atoms. The summed E-state index contributed by atoms with van der Waals surface area (Å²) >= 11 is 0. The standard InChI is InChI=1S/C35H43NO8/c1-24(2)32-35(3,4)44-34(40)36(32)33(39)29(20-25-12-7-5-8-13-25)31-30(38)18-17-27(43-31)16-11-19-41-23-28(21-37)42-22-26-14-9-6-10-15-26/h5-10,12-18,24,28,32-33,37,39H,11,19-23H2,1-4H3/t28-,32+,33?/m1/s1. The highest BCUT2D eigenvalue weighted by Gasteiger charge is 2.52. The summed E-state index contributed by atoms with van der Waals surface area (Å²) in [6.45, 7) is 8.33. The van der Waals surface area contributed by atoms with E-state index < -0.39 is 35.5 Å². The number of carbonyl (C=O) groups excluding carboxylic acids is 1. The molecule has 1 unspecified atom stereocenters. The zero-order valence-corrected chi connectivity index (χ0v) is 25.8. The highest BCUT2D eigenvalue weighted by atomic mass is 16.6. The lowest BCUT2D eigenvalue weighted by molar-refractivity contribution is -0.0487. The summed E-state index contributed by atoms with van der Waals surface area (Å²) in [5, 5.41) is 21.4. The van der Waals surface area contributed by atoms with Gasteiger partial charge in [0.25, 0.3) is 0 Å². The van der Waals surface area contributed by atoms with Crippen molar-refractivity contribution in [3.05, 3.63) is 105 Å². The summed E-state index contributed by atoms with van der Waals surface area (Å²) in [6.07, 6.45) is -0.103. The van der Waals surface area contributed by atoms with Crippen molar-refractivity contribution in [2.24, 2.45) is 5.92 Å². The van der Waals surface area contributed by atoms with E-state index in [0.29, 0.717) is 25.1 Å². The Kier molecular flexibility index (Phi) is 11.5. The smallest absolute Gasteiger partial charge is 0.413 e. The number of rotatable bonds is 14. The van der Waals surface area contributed by atoms with Crippen LogP contribution in [0.5, 0.6) is 0 Å². The van der Waals surface area contributed by atoms with Gasteiger partial charge in [-0.05, 0) is 55.5 Å². The van der Waals surface area contributed by atoms with Crippen molar-refractivity contribution in [2.45, 2.75) is 71.1 Å². The molecule has 1 aliphatic rings. The average Bonchev–Trinajstić information content (AvgIpc) is 3.26. The lowest BCUT2D eigenvalue weighted by Crippen LogP contribution is -2.51. The van der Waals surface area contributed by atoms with Crippen molar-refractivity contribution >= 4 is 17.7 Å². The fourth-order valence-corrected chi connectivity index (χ4v) is 5.65. The van der Waals surface area contributed by atoms with E-state index in [0.717, 1.165) is 11.1 Å². The maximum atomic E-state index is 13.2. The summed E-state index contributed by atoms with van der Waals surface area (Å²) in [5.74, 6) is -0.0263. The van der Waals surface area contributed by atoms with Crippen LogP contribution < -0.4 is 16.3 Å². The molecule has 1 fully saturated rings. The third-order valence-corrected chi connectivity index (χ3v) is 7.60. The Balaban J connectivity index is 1.55. The Morgan fingerprint density at radius 1 is 1.00 bits per heavy atom. The van der Waals surface area contributed by atoms with Gasteiger partial charge in [0.15, 0.2) is 11.6 Å². The number of benzene rings is 2. The molecule has 0 saturated carbocycles. The van der Waals surface area contributed by atoms with E-state index >= 15 is 0 Å². The van der Waals surface area contributed by atoms with E-state index in [9.17, 15) is 19.8 Å². The van der Waals surface area contributed by atoms with Gasteiger partial charge in [-0.25, -0.2) is 4.79 Å². The van der Waals surface area contributed by atoms with Crippen LogP contribution in [0.15, 0.2) is 82.0 Å². The third kappa shape index (κ3) is 8.45. The molecule has 9 heteroatoms. The molecule has 44 heavy (non-hydrogen) atoms. The molecule has 0 aliphatic carbocycles. The molecule has 2 aromatic carbocycles. The lowest BCUT2D eigenvalue weighted by atomic mass is 9.88.